The van der Waals surface area contributed by atoms with Gasteiger partial charge in [-0.3, -0.25) is 9.78 Å². The number of nitrogens with zero attached hydrogens (tertiary/aromatic N) is 2. The lowest BCUT2D eigenvalue weighted by atomic mass is 10.3. The lowest BCUT2D eigenvalue weighted by Gasteiger charge is -2.17. The zero-order chi connectivity index (χ0) is 10.9. The van der Waals surface area contributed by atoms with E-state index in [1.54, 1.807) is 11.0 Å². The number of anilines is 1. The second-order valence-electron chi connectivity index (χ2n) is 3.62. The largest absolute Gasteiger partial charge is 0.364 e. The summed E-state index contributed by atoms with van der Waals surface area (Å²) in [5.74, 6) is -2.63. The Morgan fingerprint density at radius 1 is 1.47 bits per heavy atom. The summed E-state index contributed by atoms with van der Waals surface area (Å²) in [6.45, 7) is 0.00792. The average Bonchev–Trinajstić information content (AvgIpc) is 2.59. The first-order valence-corrected chi connectivity index (χ1v) is 4.64. The van der Waals surface area contributed by atoms with Gasteiger partial charge in [-0.25, -0.2) is 8.78 Å². The Bertz CT molecular complexity index is 381. The summed E-state index contributed by atoms with van der Waals surface area (Å²) in [5.41, 5.74) is 0.986. The number of carbonyl (C=O) groups excluding carboxylic acids is 1. The van der Waals surface area contributed by atoms with Gasteiger partial charge in [-0.2, -0.15) is 0 Å². The van der Waals surface area contributed by atoms with Crippen molar-refractivity contribution >= 4 is 12.0 Å². The van der Waals surface area contributed by atoms with Gasteiger partial charge in [-0.05, 0) is 6.07 Å². The van der Waals surface area contributed by atoms with Gasteiger partial charge in [0.15, 0.2) is 6.29 Å². The number of aldehydes is 1. The van der Waals surface area contributed by atoms with Crippen LogP contribution in [0.4, 0.5) is 14.5 Å². The molecule has 1 fully saturated rings. The van der Waals surface area contributed by atoms with Gasteiger partial charge in [0.1, 0.15) is 0 Å². The molecule has 0 radical (unpaired) electrons. The fourth-order valence-electron chi connectivity index (χ4n) is 1.64. The summed E-state index contributed by atoms with van der Waals surface area (Å²) in [6.07, 6.45) is 3.42. The number of hydrogen-bond acceptors (Lipinski definition) is 3. The van der Waals surface area contributed by atoms with Crippen LogP contribution in [-0.4, -0.2) is 30.3 Å². The molecule has 1 aliphatic rings. The van der Waals surface area contributed by atoms with Gasteiger partial charge in [0.05, 0.1) is 18.4 Å². The maximum Gasteiger partial charge on any atom is 0.266 e. The molecule has 0 atom stereocenters. The van der Waals surface area contributed by atoms with Gasteiger partial charge < -0.3 is 4.90 Å². The third-order valence-corrected chi connectivity index (χ3v) is 2.42. The fourth-order valence-corrected chi connectivity index (χ4v) is 1.64. The van der Waals surface area contributed by atoms with Crippen LogP contribution in [0, 0.1) is 0 Å². The van der Waals surface area contributed by atoms with Crippen molar-refractivity contribution in [2.45, 2.75) is 12.3 Å². The summed E-state index contributed by atoms with van der Waals surface area (Å²) >= 11 is 0. The minimum Gasteiger partial charge on any atom is -0.364 e. The van der Waals surface area contributed by atoms with Gasteiger partial charge >= 0.3 is 0 Å². The van der Waals surface area contributed by atoms with E-state index in [0.717, 1.165) is 0 Å². The van der Waals surface area contributed by atoms with Crippen molar-refractivity contribution in [1.82, 2.24) is 4.98 Å². The summed E-state index contributed by atoms with van der Waals surface area (Å²) < 4.78 is 25.9. The SMILES string of the molecule is O=Cc1cncc(N2CCC(F)(F)C2)c1. The van der Waals surface area contributed by atoms with E-state index in [1.165, 1.54) is 12.4 Å². The number of aromatic nitrogens is 1. The summed E-state index contributed by atoms with van der Waals surface area (Å²) in [6, 6.07) is 1.57. The molecule has 1 aromatic rings. The summed E-state index contributed by atoms with van der Waals surface area (Å²) in [5, 5.41) is 0. The van der Waals surface area contributed by atoms with E-state index in [2.05, 4.69) is 4.98 Å². The molecular weight excluding hydrogens is 202 g/mol. The van der Waals surface area contributed by atoms with Crippen LogP contribution in [0.15, 0.2) is 18.5 Å². The van der Waals surface area contributed by atoms with Crippen LogP contribution >= 0.6 is 0 Å². The standard InChI is InChI=1S/C10H10F2N2O/c11-10(12)1-2-14(7-10)9-3-8(6-15)4-13-5-9/h3-6H,1-2,7H2. The normalized spacial score (nSPS) is 19.2. The Balaban J connectivity index is 2.20. The first-order valence-electron chi connectivity index (χ1n) is 4.64. The van der Waals surface area contributed by atoms with Crippen LogP contribution in [0.5, 0.6) is 0 Å². The van der Waals surface area contributed by atoms with Crippen molar-refractivity contribution in [2.24, 2.45) is 0 Å². The smallest absolute Gasteiger partial charge is 0.266 e. The number of halogens is 2. The van der Waals surface area contributed by atoms with E-state index >= 15 is 0 Å². The minimum absolute atomic E-state index is 0.141. The van der Waals surface area contributed by atoms with Crippen LogP contribution in [0.3, 0.4) is 0 Å². The van der Waals surface area contributed by atoms with Crippen molar-refractivity contribution < 1.29 is 13.6 Å². The van der Waals surface area contributed by atoms with Crippen molar-refractivity contribution in [3.63, 3.8) is 0 Å². The van der Waals surface area contributed by atoms with Gasteiger partial charge in [-0.15, -0.1) is 0 Å². The monoisotopic (exact) mass is 212 g/mol. The molecule has 0 amide bonds. The molecule has 0 N–H and O–H groups in total. The highest BCUT2D eigenvalue weighted by Gasteiger charge is 2.38. The van der Waals surface area contributed by atoms with Crippen LogP contribution in [0.1, 0.15) is 16.8 Å². The molecular formula is C10H10F2N2O. The molecule has 5 heteroatoms. The van der Waals surface area contributed by atoms with E-state index in [0.29, 0.717) is 24.1 Å². The van der Waals surface area contributed by atoms with Gasteiger partial charge in [-0.1, -0.05) is 0 Å². The summed E-state index contributed by atoms with van der Waals surface area (Å²) in [4.78, 5) is 15.9. The first-order chi connectivity index (χ1) is 7.11. The molecule has 0 bridgehead atoms. The molecule has 1 saturated heterocycles. The van der Waals surface area contributed by atoms with Gasteiger partial charge in [0.2, 0.25) is 0 Å². The van der Waals surface area contributed by atoms with E-state index in [4.69, 9.17) is 0 Å². The van der Waals surface area contributed by atoms with Crippen LogP contribution in [-0.2, 0) is 0 Å². The maximum absolute atomic E-state index is 12.9. The van der Waals surface area contributed by atoms with Crippen molar-refractivity contribution in [2.75, 3.05) is 18.0 Å². The number of pyridine rings is 1. The molecule has 2 rings (SSSR count). The lowest BCUT2D eigenvalue weighted by Crippen LogP contribution is -2.24. The molecule has 0 spiro atoms. The minimum atomic E-state index is -2.63. The third-order valence-electron chi connectivity index (χ3n) is 2.42. The molecule has 0 aromatic carbocycles. The third kappa shape index (κ3) is 2.11. The van der Waals surface area contributed by atoms with E-state index in [-0.39, 0.29) is 13.0 Å². The second kappa shape index (κ2) is 3.56. The molecule has 3 nitrogen and oxygen atoms in total. The predicted molar refractivity (Wildman–Crippen MR) is 51.4 cm³/mol. The highest BCUT2D eigenvalue weighted by Crippen LogP contribution is 2.30. The quantitative estimate of drug-likeness (QED) is 0.700. The number of alkyl halides is 2. The second-order valence-corrected chi connectivity index (χ2v) is 3.62. The molecule has 2 heterocycles. The first kappa shape index (κ1) is 10.0. The number of carbonyl (C=O) groups is 1. The zero-order valence-corrected chi connectivity index (χ0v) is 7.99. The molecule has 1 aliphatic heterocycles. The fraction of sp³-hybridized carbons (Fsp3) is 0.400. The Labute approximate surface area is 85.7 Å². The highest BCUT2D eigenvalue weighted by atomic mass is 19.3. The highest BCUT2D eigenvalue weighted by molar-refractivity contribution is 5.76. The lowest BCUT2D eigenvalue weighted by molar-refractivity contribution is 0.0257. The molecule has 1 aromatic heterocycles. The van der Waals surface area contributed by atoms with Gasteiger partial charge in [0, 0.05) is 24.7 Å². The van der Waals surface area contributed by atoms with Crippen molar-refractivity contribution in [3.8, 4) is 0 Å². The molecule has 80 valence electrons. The average molecular weight is 212 g/mol. The zero-order valence-electron chi connectivity index (χ0n) is 7.99. The van der Waals surface area contributed by atoms with Crippen LogP contribution < -0.4 is 4.90 Å². The van der Waals surface area contributed by atoms with Crippen LogP contribution in [0.25, 0.3) is 0 Å². The van der Waals surface area contributed by atoms with E-state index in [1.807, 2.05) is 0 Å². The maximum atomic E-state index is 12.9. The molecule has 15 heavy (non-hydrogen) atoms. The van der Waals surface area contributed by atoms with E-state index in [9.17, 15) is 13.6 Å². The predicted octanol–water partition coefficient (Wildman–Crippen LogP) is 1.74. The van der Waals surface area contributed by atoms with Gasteiger partial charge in [0.25, 0.3) is 5.92 Å². The molecule has 0 aliphatic carbocycles. The van der Waals surface area contributed by atoms with E-state index < -0.39 is 5.92 Å². The Hall–Kier alpha value is -1.52. The van der Waals surface area contributed by atoms with Crippen molar-refractivity contribution in [3.05, 3.63) is 24.0 Å². The van der Waals surface area contributed by atoms with Crippen molar-refractivity contribution in [1.29, 1.82) is 0 Å². The number of hydrogen-bond donors (Lipinski definition) is 0. The van der Waals surface area contributed by atoms with Crippen LogP contribution in [0.2, 0.25) is 0 Å². The molecule has 0 saturated carbocycles. The molecule has 0 unspecified atom stereocenters. The summed E-state index contributed by atoms with van der Waals surface area (Å²) in [7, 11) is 0. The topological polar surface area (TPSA) is 33.2 Å². The number of rotatable bonds is 2. The Kier molecular flexibility index (Phi) is 2.38. The Morgan fingerprint density at radius 2 is 2.27 bits per heavy atom. The Morgan fingerprint density at radius 3 is 2.87 bits per heavy atom.